The van der Waals surface area contributed by atoms with Crippen LogP contribution in [0.4, 0.5) is 0 Å². The van der Waals surface area contributed by atoms with Crippen molar-refractivity contribution in [3.63, 3.8) is 0 Å². The fourth-order valence-corrected chi connectivity index (χ4v) is 4.35. The molecule has 0 radical (unpaired) electrons. The molecule has 3 rings (SSSR count). The van der Waals surface area contributed by atoms with Gasteiger partial charge in [0.15, 0.2) is 5.84 Å². The summed E-state index contributed by atoms with van der Waals surface area (Å²) < 4.78 is 5.44. The largest absolute Gasteiger partial charge is 0.496 e. The second-order valence-corrected chi connectivity index (χ2v) is 8.85. The summed E-state index contributed by atoms with van der Waals surface area (Å²) in [7, 11) is 5.77. The predicted molar refractivity (Wildman–Crippen MR) is 145 cm³/mol. The van der Waals surface area contributed by atoms with Crippen molar-refractivity contribution in [3.05, 3.63) is 90.3 Å². The van der Waals surface area contributed by atoms with E-state index in [0.29, 0.717) is 39.7 Å². The highest BCUT2D eigenvalue weighted by molar-refractivity contribution is 6.44. The molecule has 2 aromatic rings. The molecular formula is C29H33N5O2. The molecule has 0 bridgehead atoms. The lowest BCUT2D eigenvalue weighted by atomic mass is 9.95. The minimum Gasteiger partial charge on any atom is -0.496 e. The number of nitrogens with two attached hydrogens (primary N) is 1. The SMILES string of the molecule is C=C/C(=C\C(=C)N=C(N)C(=O)c1ccc(C#N)c(-c2ccccc2OC)c1)N1CCC(N(C)C)CC1. The van der Waals surface area contributed by atoms with E-state index in [1.54, 1.807) is 43.5 Å². The maximum absolute atomic E-state index is 13.1. The van der Waals surface area contributed by atoms with Crippen molar-refractivity contribution < 1.29 is 9.53 Å². The number of ketones is 1. The first-order valence-corrected chi connectivity index (χ1v) is 11.8. The highest BCUT2D eigenvalue weighted by Crippen LogP contribution is 2.32. The number of hydrogen-bond donors (Lipinski definition) is 1. The number of ether oxygens (including phenoxy) is 1. The van der Waals surface area contributed by atoms with E-state index < -0.39 is 5.78 Å². The number of hydrogen-bond acceptors (Lipinski definition) is 6. The fraction of sp³-hybridized carbons (Fsp3) is 0.276. The highest BCUT2D eigenvalue weighted by Gasteiger charge is 2.21. The van der Waals surface area contributed by atoms with Gasteiger partial charge in [-0.15, -0.1) is 0 Å². The molecule has 36 heavy (non-hydrogen) atoms. The number of piperidine rings is 1. The van der Waals surface area contributed by atoms with Gasteiger partial charge in [-0.1, -0.05) is 31.4 Å². The van der Waals surface area contributed by atoms with Crippen LogP contribution < -0.4 is 10.5 Å². The van der Waals surface area contributed by atoms with Crippen LogP contribution in [-0.4, -0.2) is 61.8 Å². The number of carbonyl (C=O) groups excluding carboxylic acids is 1. The smallest absolute Gasteiger partial charge is 0.227 e. The molecule has 0 amide bonds. The Bertz CT molecular complexity index is 1240. The zero-order valence-electron chi connectivity index (χ0n) is 21.2. The van der Waals surface area contributed by atoms with Crippen molar-refractivity contribution in [1.82, 2.24) is 9.80 Å². The van der Waals surface area contributed by atoms with Crippen molar-refractivity contribution in [2.45, 2.75) is 18.9 Å². The summed E-state index contributed by atoms with van der Waals surface area (Å²) in [5.41, 5.74) is 9.40. The monoisotopic (exact) mass is 483 g/mol. The van der Waals surface area contributed by atoms with Crippen molar-refractivity contribution in [2.24, 2.45) is 10.7 Å². The second kappa shape index (κ2) is 12.0. The molecule has 7 heteroatoms. The number of amidine groups is 1. The number of rotatable bonds is 9. The first-order chi connectivity index (χ1) is 17.3. The molecular weight excluding hydrogens is 450 g/mol. The van der Waals surface area contributed by atoms with Crippen LogP contribution in [0, 0.1) is 11.3 Å². The lowest BCUT2D eigenvalue weighted by molar-refractivity contribution is 0.106. The Balaban J connectivity index is 1.82. The maximum Gasteiger partial charge on any atom is 0.227 e. The number of para-hydroxylation sites is 1. The molecule has 1 aliphatic heterocycles. The molecule has 2 aromatic carbocycles. The average Bonchev–Trinajstić information content (AvgIpc) is 2.90. The molecule has 0 atom stereocenters. The average molecular weight is 484 g/mol. The van der Waals surface area contributed by atoms with Gasteiger partial charge in [0.1, 0.15) is 5.75 Å². The Kier molecular flexibility index (Phi) is 8.82. The van der Waals surface area contributed by atoms with Crippen molar-refractivity contribution >= 4 is 11.6 Å². The van der Waals surface area contributed by atoms with E-state index in [2.05, 4.69) is 48.1 Å². The molecule has 1 saturated heterocycles. The molecule has 0 unspecified atom stereocenters. The first kappa shape index (κ1) is 26.5. The predicted octanol–water partition coefficient (Wildman–Crippen LogP) is 4.38. The van der Waals surface area contributed by atoms with Gasteiger partial charge in [0.25, 0.3) is 0 Å². The van der Waals surface area contributed by atoms with E-state index >= 15 is 0 Å². The highest BCUT2D eigenvalue weighted by atomic mass is 16.5. The number of likely N-dealkylation sites (tertiary alicyclic amines) is 1. The van der Waals surface area contributed by atoms with Gasteiger partial charge in [0.2, 0.25) is 5.78 Å². The summed E-state index contributed by atoms with van der Waals surface area (Å²) >= 11 is 0. The lowest BCUT2D eigenvalue weighted by Crippen LogP contribution is -2.41. The number of aliphatic imine (C=N–C) groups is 1. The van der Waals surface area contributed by atoms with E-state index in [9.17, 15) is 10.1 Å². The molecule has 2 N–H and O–H groups in total. The van der Waals surface area contributed by atoms with Crippen LogP contribution in [0.15, 0.2) is 84.2 Å². The Morgan fingerprint density at radius 1 is 1.22 bits per heavy atom. The zero-order chi connectivity index (χ0) is 26.2. The fourth-order valence-electron chi connectivity index (χ4n) is 4.35. The molecule has 1 heterocycles. The van der Waals surface area contributed by atoms with E-state index in [0.717, 1.165) is 31.6 Å². The normalized spacial score (nSPS) is 14.9. The third-order valence-corrected chi connectivity index (χ3v) is 6.38. The summed E-state index contributed by atoms with van der Waals surface area (Å²) in [4.78, 5) is 21.9. The van der Waals surface area contributed by atoms with Gasteiger partial charge in [0.05, 0.1) is 24.4 Å². The summed E-state index contributed by atoms with van der Waals surface area (Å²) in [5, 5.41) is 9.60. The minimum absolute atomic E-state index is 0.179. The molecule has 0 aromatic heterocycles. The number of carbonyl (C=O) groups is 1. The quantitative estimate of drug-likeness (QED) is 0.246. The van der Waals surface area contributed by atoms with Gasteiger partial charge in [-0.3, -0.25) is 4.79 Å². The van der Waals surface area contributed by atoms with Gasteiger partial charge in [-0.2, -0.15) is 5.26 Å². The minimum atomic E-state index is -0.447. The topological polar surface area (TPSA) is 94.9 Å². The number of methoxy groups -OCH3 is 1. The van der Waals surface area contributed by atoms with Gasteiger partial charge in [-0.05, 0) is 63.4 Å². The summed E-state index contributed by atoms with van der Waals surface area (Å²) in [6, 6.07) is 14.9. The van der Waals surface area contributed by atoms with Gasteiger partial charge >= 0.3 is 0 Å². The number of nitrogens with zero attached hydrogens (tertiary/aromatic N) is 4. The number of allylic oxidation sites excluding steroid dienone is 2. The van der Waals surface area contributed by atoms with Gasteiger partial charge in [0, 0.05) is 41.5 Å². The van der Waals surface area contributed by atoms with Crippen LogP contribution in [-0.2, 0) is 0 Å². The molecule has 186 valence electrons. The van der Waals surface area contributed by atoms with Gasteiger partial charge in [-0.25, -0.2) is 4.99 Å². The summed E-state index contributed by atoms with van der Waals surface area (Å²) in [5.74, 6) is -0.0240. The number of nitriles is 1. The number of Topliss-reactive ketones (excluding diaryl/α,β-unsaturated/α-hetero) is 1. The molecule has 0 spiro atoms. The third-order valence-electron chi connectivity index (χ3n) is 6.38. The second-order valence-electron chi connectivity index (χ2n) is 8.85. The van der Waals surface area contributed by atoms with Crippen LogP contribution in [0.25, 0.3) is 11.1 Å². The number of benzene rings is 2. The van der Waals surface area contributed by atoms with E-state index in [-0.39, 0.29) is 5.84 Å². The van der Waals surface area contributed by atoms with Crippen LogP contribution in [0.5, 0.6) is 5.75 Å². The van der Waals surface area contributed by atoms with Crippen LogP contribution in [0.3, 0.4) is 0 Å². The standard InChI is InChI=1S/C29H33N5O2/c1-6-23(34-15-13-24(14-16-34)33(3)4)17-20(2)32-29(31)28(35)21-11-12-22(19-30)26(18-21)25-9-7-8-10-27(25)36-5/h6-12,17-18,24H,1-2,13-16H2,3-5H3,(H2,31,32)/b23-17+. The Hall–Kier alpha value is -4.15. The van der Waals surface area contributed by atoms with Crippen molar-refractivity contribution in [2.75, 3.05) is 34.3 Å². The van der Waals surface area contributed by atoms with Crippen molar-refractivity contribution in [1.29, 1.82) is 5.26 Å². The molecule has 0 aliphatic carbocycles. The van der Waals surface area contributed by atoms with Gasteiger partial charge < -0.3 is 20.3 Å². The molecule has 7 nitrogen and oxygen atoms in total. The molecule has 0 saturated carbocycles. The molecule has 1 aliphatic rings. The van der Waals surface area contributed by atoms with E-state index in [1.165, 1.54) is 0 Å². The van der Waals surface area contributed by atoms with E-state index in [4.69, 9.17) is 10.5 Å². The Morgan fingerprint density at radius 2 is 1.92 bits per heavy atom. The van der Waals surface area contributed by atoms with Crippen LogP contribution >= 0.6 is 0 Å². The summed E-state index contributed by atoms with van der Waals surface area (Å²) in [6.45, 7) is 9.71. The lowest BCUT2D eigenvalue weighted by Gasteiger charge is -2.37. The maximum atomic E-state index is 13.1. The first-order valence-electron chi connectivity index (χ1n) is 11.8. The van der Waals surface area contributed by atoms with Crippen molar-refractivity contribution in [3.8, 4) is 22.9 Å². The Morgan fingerprint density at radius 3 is 2.53 bits per heavy atom. The molecule has 1 fully saturated rings. The zero-order valence-corrected chi connectivity index (χ0v) is 21.2. The third kappa shape index (κ3) is 6.09. The van der Waals surface area contributed by atoms with Crippen LogP contribution in [0.2, 0.25) is 0 Å². The van der Waals surface area contributed by atoms with E-state index in [1.807, 2.05) is 18.2 Å². The Labute approximate surface area is 213 Å². The van der Waals surface area contributed by atoms with Crippen LogP contribution in [0.1, 0.15) is 28.8 Å². The summed E-state index contributed by atoms with van der Waals surface area (Å²) in [6.07, 6.45) is 5.68.